The molecule has 3 nitrogen and oxygen atoms in total. The van der Waals surface area contributed by atoms with Gasteiger partial charge in [-0.25, -0.2) is 4.79 Å². The predicted octanol–water partition coefficient (Wildman–Crippen LogP) is 0.668. The minimum absolute atomic E-state index is 0.385. The zero-order valence-electron chi connectivity index (χ0n) is 5.50. The SMILES string of the molecule is COC(=O)c1c[c]cnc1. The van der Waals surface area contributed by atoms with Gasteiger partial charge < -0.3 is 4.74 Å². The van der Waals surface area contributed by atoms with Gasteiger partial charge in [0.2, 0.25) is 0 Å². The van der Waals surface area contributed by atoms with Crippen LogP contribution in [0.2, 0.25) is 0 Å². The van der Waals surface area contributed by atoms with Crippen LogP contribution in [-0.2, 0) is 4.74 Å². The zero-order chi connectivity index (χ0) is 7.40. The van der Waals surface area contributed by atoms with Crippen molar-refractivity contribution < 1.29 is 9.53 Å². The molecule has 0 saturated carbocycles. The molecule has 0 aliphatic carbocycles. The van der Waals surface area contributed by atoms with Gasteiger partial charge in [0.15, 0.2) is 0 Å². The van der Waals surface area contributed by atoms with E-state index in [0.717, 1.165) is 0 Å². The van der Waals surface area contributed by atoms with Crippen molar-refractivity contribution >= 4 is 5.97 Å². The molecular weight excluding hydrogens is 130 g/mol. The lowest BCUT2D eigenvalue weighted by atomic mass is 10.3. The molecule has 0 aliphatic heterocycles. The van der Waals surface area contributed by atoms with Crippen LogP contribution in [0.4, 0.5) is 0 Å². The van der Waals surface area contributed by atoms with Crippen LogP contribution in [0.3, 0.4) is 0 Å². The van der Waals surface area contributed by atoms with E-state index in [9.17, 15) is 4.79 Å². The first-order valence-electron chi connectivity index (χ1n) is 2.74. The lowest BCUT2D eigenvalue weighted by Gasteiger charge is -1.94. The smallest absolute Gasteiger partial charge is 0.339 e. The van der Waals surface area contributed by atoms with Crippen molar-refractivity contribution in [3.05, 3.63) is 30.1 Å². The number of carbonyl (C=O) groups excluding carboxylic acids is 1. The number of ether oxygens (including phenoxy) is 1. The molecule has 0 bridgehead atoms. The first kappa shape index (κ1) is 6.74. The fraction of sp³-hybridized carbons (Fsp3) is 0.143. The van der Waals surface area contributed by atoms with Crippen LogP contribution in [0.5, 0.6) is 0 Å². The highest BCUT2D eigenvalue weighted by Gasteiger charge is 2.01. The number of pyridine rings is 1. The lowest BCUT2D eigenvalue weighted by Crippen LogP contribution is -2.00. The van der Waals surface area contributed by atoms with Crippen LogP contribution in [0.1, 0.15) is 10.4 Å². The molecule has 0 N–H and O–H groups in total. The molecule has 1 radical (unpaired) electrons. The number of carbonyl (C=O) groups is 1. The van der Waals surface area contributed by atoms with Crippen LogP contribution in [-0.4, -0.2) is 18.1 Å². The van der Waals surface area contributed by atoms with Gasteiger partial charge >= 0.3 is 5.97 Å². The third kappa shape index (κ3) is 1.31. The summed E-state index contributed by atoms with van der Waals surface area (Å²) in [6.07, 6.45) is 2.91. The van der Waals surface area contributed by atoms with Crippen molar-refractivity contribution in [2.24, 2.45) is 0 Å². The third-order valence-corrected chi connectivity index (χ3v) is 1.02. The molecule has 0 atom stereocenters. The summed E-state index contributed by atoms with van der Waals surface area (Å²) < 4.78 is 4.44. The Morgan fingerprint density at radius 2 is 2.60 bits per heavy atom. The van der Waals surface area contributed by atoms with Crippen LogP contribution in [0, 0.1) is 6.07 Å². The Morgan fingerprint density at radius 1 is 1.80 bits per heavy atom. The summed E-state index contributed by atoms with van der Waals surface area (Å²) in [5.74, 6) is -0.385. The summed E-state index contributed by atoms with van der Waals surface area (Å²) in [5, 5.41) is 0. The van der Waals surface area contributed by atoms with Crippen LogP contribution >= 0.6 is 0 Å². The average molecular weight is 136 g/mol. The largest absolute Gasteiger partial charge is 0.465 e. The highest BCUT2D eigenvalue weighted by Crippen LogP contribution is 1.95. The zero-order valence-corrected chi connectivity index (χ0v) is 5.50. The van der Waals surface area contributed by atoms with E-state index < -0.39 is 0 Å². The van der Waals surface area contributed by atoms with Gasteiger partial charge in [-0.1, -0.05) is 0 Å². The van der Waals surface area contributed by atoms with Gasteiger partial charge in [-0.05, 0) is 6.07 Å². The van der Waals surface area contributed by atoms with E-state index in [1.54, 1.807) is 0 Å². The molecule has 1 aromatic rings. The molecule has 0 aromatic carbocycles. The first-order chi connectivity index (χ1) is 4.84. The standard InChI is InChI=1S/C7H6NO2/c1-10-7(9)6-3-2-4-8-5-6/h3-5H,1H3. The molecule has 10 heavy (non-hydrogen) atoms. The van der Waals surface area contributed by atoms with Gasteiger partial charge in [0.1, 0.15) is 0 Å². The number of esters is 1. The lowest BCUT2D eigenvalue weighted by molar-refractivity contribution is 0.0600. The number of hydrogen-bond donors (Lipinski definition) is 0. The number of rotatable bonds is 1. The molecule has 0 fully saturated rings. The summed E-state index contributed by atoms with van der Waals surface area (Å²) in [7, 11) is 1.33. The van der Waals surface area contributed by atoms with Crippen molar-refractivity contribution in [3.8, 4) is 0 Å². The van der Waals surface area contributed by atoms with Gasteiger partial charge in [0, 0.05) is 18.5 Å². The summed E-state index contributed by atoms with van der Waals surface area (Å²) in [6.45, 7) is 0. The Morgan fingerprint density at radius 3 is 3.10 bits per heavy atom. The second-order valence-electron chi connectivity index (χ2n) is 1.67. The molecule has 1 rings (SSSR count). The van der Waals surface area contributed by atoms with Gasteiger partial charge in [-0.3, -0.25) is 4.98 Å². The van der Waals surface area contributed by atoms with Crippen molar-refractivity contribution in [3.63, 3.8) is 0 Å². The van der Waals surface area contributed by atoms with E-state index in [2.05, 4.69) is 15.8 Å². The molecule has 0 unspecified atom stereocenters. The number of hydrogen-bond acceptors (Lipinski definition) is 3. The minimum Gasteiger partial charge on any atom is -0.465 e. The van der Waals surface area contributed by atoms with Crippen molar-refractivity contribution in [2.45, 2.75) is 0 Å². The maximum Gasteiger partial charge on any atom is 0.339 e. The van der Waals surface area contributed by atoms with Gasteiger partial charge in [-0.2, -0.15) is 0 Å². The highest BCUT2D eigenvalue weighted by molar-refractivity contribution is 5.88. The quantitative estimate of drug-likeness (QED) is 0.532. The van der Waals surface area contributed by atoms with Crippen molar-refractivity contribution in [2.75, 3.05) is 7.11 Å². The molecule has 1 aromatic heterocycles. The van der Waals surface area contributed by atoms with Crippen LogP contribution in [0.15, 0.2) is 18.5 Å². The minimum atomic E-state index is -0.385. The third-order valence-electron chi connectivity index (χ3n) is 1.02. The molecule has 0 spiro atoms. The number of nitrogens with zero attached hydrogens (tertiary/aromatic N) is 1. The molecule has 0 amide bonds. The van der Waals surface area contributed by atoms with E-state index in [-0.39, 0.29) is 5.97 Å². The molecule has 3 heteroatoms. The Kier molecular flexibility index (Phi) is 1.99. The summed E-state index contributed by atoms with van der Waals surface area (Å²) in [6, 6.07) is 4.19. The predicted molar refractivity (Wildman–Crippen MR) is 34.4 cm³/mol. The maximum atomic E-state index is 10.7. The van der Waals surface area contributed by atoms with Gasteiger partial charge in [-0.15, -0.1) is 0 Å². The van der Waals surface area contributed by atoms with Crippen LogP contribution < -0.4 is 0 Å². The van der Waals surface area contributed by atoms with E-state index in [0.29, 0.717) is 5.56 Å². The highest BCUT2D eigenvalue weighted by atomic mass is 16.5. The fourth-order valence-corrected chi connectivity index (χ4v) is 0.554. The topological polar surface area (TPSA) is 39.2 Å². The maximum absolute atomic E-state index is 10.7. The second kappa shape index (κ2) is 2.96. The molecular formula is C7H6NO2. The van der Waals surface area contributed by atoms with Crippen LogP contribution in [0.25, 0.3) is 0 Å². The summed E-state index contributed by atoms with van der Waals surface area (Å²) in [4.78, 5) is 14.4. The first-order valence-corrected chi connectivity index (χ1v) is 2.74. The Labute approximate surface area is 58.7 Å². The van der Waals surface area contributed by atoms with E-state index in [1.165, 1.54) is 25.6 Å². The van der Waals surface area contributed by atoms with Gasteiger partial charge in [0.05, 0.1) is 12.7 Å². The van der Waals surface area contributed by atoms with E-state index in [4.69, 9.17) is 0 Å². The van der Waals surface area contributed by atoms with E-state index >= 15 is 0 Å². The number of methoxy groups -OCH3 is 1. The second-order valence-corrected chi connectivity index (χ2v) is 1.67. The summed E-state index contributed by atoms with van der Waals surface area (Å²) >= 11 is 0. The Hall–Kier alpha value is -1.38. The molecule has 0 aliphatic rings. The van der Waals surface area contributed by atoms with E-state index in [1.807, 2.05) is 0 Å². The fourth-order valence-electron chi connectivity index (χ4n) is 0.554. The van der Waals surface area contributed by atoms with Gasteiger partial charge in [0.25, 0.3) is 0 Å². The number of aromatic nitrogens is 1. The molecule has 51 valence electrons. The monoisotopic (exact) mass is 136 g/mol. The Balaban J connectivity index is 2.85. The normalized spacial score (nSPS) is 8.90. The average Bonchev–Trinajstić information content (AvgIpc) is 2.05. The van der Waals surface area contributed by atoms with Crippen molar-refractivity contribution in [1.29, 1.82) is 0 Å². The summed E-state index contributed by atoms with van der Waals surface area (Å²) in [5.41, 5.74) is 0.421. The Bertz CT molecular complexity index is 220. The molecule has 0 saturated heterocycles. The molecule has 1 heterocycles. The van der Waals surface area contributed by atoms with Crippen molar-refractivity contribution in [1.82, 2.24) is 4.98 Å².